The summed E-state index contributed by atoms with van der Waals surface area (Å²) >= 11 is 0. The van der Waals surface area contributed by atoms with Gasteiger partial charge in [0.1, 0.15) is 0 Å². The van der Waals surface area contributed by atoms with Gasteiger partial charge in [0.15, 0.2) is 17.5 Å². The molecule has 52 heavy (non-hydrogen) atoms. The van der Waals surface area contributed by atoms with E-state index in [1.54, 1.807) is 6.07 Å². The summed E-state index contributed by atoms with van der Waals surface area (Å²) in [6.07, 6.45) is 8.06. The van der Waals surface area contributed by atoms with Gasteiger partial charge in [-0.2, -0.15) is 5.26 Å². The average molecular weight is 675 g/mol. The van der Waals surface area contributed by atoms with E-state index in [4.69, 9.17) is 15.0 Å². The molecule has 2 aliphatic rings. The zero-order chi connectivity index (χ0) is 35.2. The van der Waals surface area contributed by atoms with Crippen LogP contribution in [-0.4, -0.2) is 15.0 Å². The molecule has 2 fully saturated rings. The van der Waals surface area contributed by atoms with Crippen molar-refractivity contribution in [3.05, 3.63) is 139 Å². The molecule has 0 N–H and O–H groups in total. The summed E-state index contributed by atoms with van der Waals surface area (Å²) in [6, 6.07) is 46.9. The standard InChI is InChI=1S/C48H42N4/c1-3-32-25-34-24-31(2)27-48(28-32,29-34)38-22-20-35(21-23-38)43-39-16-7-9-18-41(39)44(42-19-10-8-17-40(42)43)47-51-45(36-13-5-4-6-14-36)50-46(52-47)37-15-11-12-33(26-37)30-49/h4-23,26,31-32,34H,3,24-25,27-29H2,1-2H3/t31-,32+,34-,48?/m1/s1. The molecule has 254 valence electrons. The SMILES string of the molecule is CC[C@H]1C[C@H]2C[C@@H](C)CC(c3ccc(-c4c5ccccc5c(-c5nc(-c6ccccc6)nc(-c6cccc(C#N)c6)n5)c5ccccc45)cc3)(C2)C1. The van der Waals surface area contributed by atoms with E-state index in [0.29, 0.717) is 28.5 Å². The molecule has 0 amide bonds. The van der Waals surface area contributed by atoms with E-state index in [1.807, 2.05) is 48.5 Å². The highest BCUT2D eigenvalue weighted by Gasteiger charge is 2.45. The van der Waals surface area contributed by atoms with Crippen molar-refractivity contribution >= 4 is 21.5 Å². The van der Waals surface area contributed by atoms with Crippen LogP contribution in [0, 0.1) is 29.1 Å². The largest absolute Gasteiger partial charge is 0.208 e. The van der Waals surface area contributed by atoms with Crippen LogP contribution in [0.15, 0.2) is 127 Å². The van der Waals surface area contributed by atoms with Crippen molar-refractivity contribution in [2.45, 2.75) is 57.8 Å². The molecule has 2 bridgehead atoms. The van der Waals surface area contributed by atoms with Crippen molar-refractivity contribution in [1.82, 2.24) is 15.0 Å². The lowest BCUT2D eigenvalue weighted by atomic mass is 9.54. The number of fused-ring (bicyclic) bond motifs is 4. The molecule has 4 atom stereocenters. The van der Waals surface area contributed by atoms with Crippen molar-refractivity contribution in [3.8, 4) is 51.4 Å². The Balaban J connectivity index is 1.23. The number of aromatic nitrogens is 3. The smallest absolute Gasteiger partial charge is 0.165 e. The highest BCUT2D eigenvalue weighted by molar-refractivity contribution is 6.20. The summed E-state index contributed by atoms with van der Waals surface area (Å²) in [5.74, 6) is 4.23. The Morgan fingerprint density at radius 2 is 1.19 bits per heavy atom. The fourth-order valence-electron chi connectivity index (χ4n) is 9.89. The van der Waals surface area contributed by atoms with Crippen LogP contribution in [0.5, 0.6) is 0 Å². The predicted molar refractivity (Wildman–Crippen MR) is 212 cm³/mol. The van der Waals surface area contributed by atoms with Gasteiger partial charge >= 0.3 is 0 Å². The second-order valence-corrected chi connectivity index (χ2v) is 15.4. The summed E-state index contributed by atoms with van der Waals surface area (Å²) in [6.45, 7) is 4.86. The quantitative estimate of drug-likeness (QED) is 0.165. The Bertz CT molecular complexity index is 2420. The molecule has 1 unspecified atom stereocenters. The van der Waals surface area contributed by atoms with Crippen molar-refractivity contribution in [1.29, 1.82) is 5.26 Å². The van der Waals surface area contributed by atoms with Gasteiger partial charge in [-0.1, -0.05) is 136 Å². The van der Waals surface area contributed by atoms with Gasteiger partial charge in [-0.25, -0.2) is 15.0 Å². The van der Waals surface area contributed by atoms with E-state index in [-0.39, 0.29) is 0 Å². The lowest BCUT2D eigenvalue weighted by molar-refractivity contribution is 0.0702. The monoisotopic (exact) mass is 674 g/mol. The second kappa shape index (κ2) is 13.1. The molecule has 0 radical (unpaired) electrons. The Hall–Kier alpha value is -5.66. The summed E-state index contributed by atoms with van der Waals surface area (Å²) < 4.78 is 0. The normalized spacial score (nSPS) is 21.2. The van der Waals surface area contributed by atoms with Gasteiger partial charge in [-0.3, -0.25) is 0 Å². The van der Waals surface area contributed by atoms with Crippen molar-refractivity contribution in [2.75, 3.05) is 0 Å². The summed E-state index contributed by atoms with van der Waals surface area (Å²) in [4.78, 5) is 15.3. The van der Waals surface area contributed by atoms with Crippen molar-refractivity contribution < 1.29 is 0 Å². The van der Waals surface area contributed by atoms with Gasteiger partial charge in [0.25, 0.3) is 0 Å². The van der Waals surface area contributed by atoms with Crippen LogP contribution in [0.4, 0.5) is 0 Å². The average Bonchev–Trinajstić information content (AvgIpc) is 3.19. The first-order valence-electron chi connectivity index (χ1n) is 18.9. The fourth-order valence-corrected chi connectivity index (χ4v) is 9.89. The highest BCUT2D eigenvalue weighted by atomic mass is 15.0. The third-order valence-electron chi connectivity index (χ3n) is 11.9. The molecular formula is C48H42N4. The Kier molecular flexibility index (Phi) is 8.16. The fraction of sp³-hybridized carbons (Fsp3) is 0.250. The Morgan fingerprint density at radius 1 is 0.596 bits per heavy atom. The van der Waals surface area contributed by atoms with Gasteiger partial charge in [-0.15, -0.1) is 0 Å². The third kappa shape index (κ3) is 5.66. The predicted octanol–water partition coefficient (Wildman–Crippen LogP) is 12.2. The number of hydrogen-bond acceptors (Lipinski definition) is 4. The molecule has 9 rings (SSSR count). The van der Waals surface area contributed by atoms with Crippen LogP contribution >= 0.6 is 0 Å². The molecule has 1 aromatic heterocycles. The van der Waals surface area contributed by atoms with E-state index >= 15 is 0 Å². The van der Waals surface area contributed by atoms with Crippen LogP contribution in [0.25, 0.3) is 66.8 Å². The summed E-state index contributed by atoms with van der Waals surface area (Å²) in [5.41, 5.74) is 7.55. The zero-order valence-electron chi connectivity index (χ0n) is 29.9. The van der Waals surface area contributed by atoms with E-state index in [1.165, 1.54) is 66.0 Å². The maximum absolute atomic E-state index is 9.68. The summed E-state index contributed by atoms with van der Waals surface area (Å²) in [5, 5.41) is 14.2. The van der Waals surface area contributed by atoms with E-state index in [0.717, 1.165) is 45.2 Å². The maximum atomic E-state index is 9.68. The Labute approximate surface area is 306 Å². The third-order valence-corrected chi connectivity index (χ3v) is 11.9. The van der Waals surface area contributed by atoms with Gasteiger partial charge < -0.3 is 0 Å². The second-order valence-electron chi connectivity index (χ2n) is 15.4. The molecule has 0 spiro atoms. The van der Waals surface area contributed by atoms with E-state index in [9.17, 15) is 5.26 Å². The number of rotatable bonds is 6. The molecule has 6 aromatic carbocycles. The summed E-state index contributed by atoms with van der Waals surface area (Å²) in [7, 11) is 0. The molecule has 4 heteroatoms. The van der Waals surface area contributed by atoms with Crippen LogP contribution in [0.2, 0.25) is 0 Å². The molecule has 0 saturated heterocycles. The zero-order valence-corrected chi connectivity index (χ0v) is 29.9. The molecule has 1 heterocycles. The van der Waals surface area contributed by atoms with Crippen LogP contribution in [-0.2, 0) is 5.41 Å². The minimum absolute atomic E-state index is 0.299. The molecule has 4 nitrogen and oxygen atoms in total. The molecule has 2 aliphatic carbocycles. The van der Waals surface area contributed by atoms with Gasteiger partial charge in [0, 0.05) is 16.7 Å². The van der Waals surface area contributed by atoms with Crippen LogP contribution in [0.1, 0.15) is 63.5 Å². The lowest BCUT2D eigenvalue weighted by Gasteiger charge is -2.51. The molecular weight excluding hydrogens is 633 g/mol. The molecule has 0 aliphatic heterocycles. The van der Waals surface area contributed by atoms with Crippen molar-refractivity contribution in [2.24, 2.45) is 17.8 Å². The van der Waals surface area contributed by atoms with E-state index < -0.39 is 0 Å². The van der Waals surface area contributed by atoms with Crippen LogP contribution < -0.4 is 0 Å². The topological polar surface area (TPSA) is 62.5 Å². The minimum atomic E-state index is 0.299. The molecule has 2 saturated carbocycles. The molecule has 7 aromatic rings. The van der Waals surface area contributed by atoms with Crippen molar-refractivity contribution in [3.63, 3.8) is 0 Å². The first-order chi connectivity index (χ1) is 25.5. The first kappa shape index (κ1) is 32.3. The van der Waals surface area contributed by atoms with Gasteiger partial charge in [0.2, 0.25) is 0 Å². The number of benzene rings is 6. The highest BCUT2D eigenvalue weighted by Crippen LogP contribution is 2.55. The van der Waals surface area contributed by atoms with Gasteiger partial charge in [0.05, 0.1) is 11.6 Å². The van der Waals surface area contributed by atoms with E-state index in [2.05, 4.69) is 92.7 Å². The number of nitrogens with zero attached hydrogens (tertiary/aromatic N) is 4. The van der Waals surface area contributed by atoms with Gasteiger partial charge in [-0.05, 0) is 106 Å². The maximum Gasteiger partial charge on any atom is 0.165 e. The number of hydrogen-bond donors (Lipinski definition) is 0. The first-order valence-corrected chi connectivity index (χ1v) is 18.9. The lowest BCUT2D eigenvalue weighted by Crippen LogP contribution is -2.42. The minimum Gasteiger partial charge on any atom is -0.208 e. The number of nitriles is 1. The van der Waals surface area contributed by atoms with Crippen LogP contribution in [0.3, 0.4) is 0 Å². The Morgan fingerprint density at radius 3 is 1.85 bits per heavy atom.